The van der Waals surface area contributed by atoms with Gasteiger partial charge in [0, 0.05) is 12.1 Å². The van der Waals surface area contributed by atoms with E-state index in [1.54, 1.807) is 11.9 Å². The van der Waals surface area contributed by atoms with E-state index in [2.05, 4.69) is 10.6 Å². The van der Waals surface area contributed by atoms with E-state index in [1.165, 1.54) is 18.2 Å². The molecule has 1 aromatic carbocycles. The van der Waals surface area contributed by atoms with E-state index < -0.39 is 5.82 Å². The molecule has 0 bridgehead atoms. The number of hydrogen-bond acceptors (Lipinski definition) is 3. The number of nitrogens with zero attached hydrogens (tertiary/aromatic N) is 1. The minimum Gasteiger partial charge on any atom is -0.358 e. The van der Waals surface area contributed by atoms with Crippen molar-refractivity contribution in [3.05, 3.63) is 29.0 Å². The Morgan fingerprint density at radius 1 is 1.48 bits per heavy atom. The Hall–Kier alpha value is -1.66. The number of rotatable bonds is 4. The first-order valence-electron chi connectivity index (χ1n) is 6.72. The normalized spacial score (nSPS) is 18.5. The number of likely N-dealkylation sites (N-methyl/N-ethyl adjacent to an activating group) is 1. The maximum absolute atomic E-state index is 13.6. The predicted octanol–water partition coefficient (Wildman–Crippen LogP) is 1.63. The summed E-state index contributed by atoms with van der Waals surface area (Å²) in [4.78, 5) is 25.5. The summed E-state index contributed by atoms with van der Waals surface area (Å²) in [6, 6.07) is 3.66. The lowest BCUT2D eigenvalue weighted by Gasteiger charge is -2.22. The Kier molecular flexibility index (Phi) is 5.14. The predicted molar refractivity (Wildman–Crippen MR) is 78.7 cm³/mol. The molecule has 0 aliphatic carbocycles. The Bertz CT molecular complexity index is 553. The average Bonchev–Trinajstić information content (AvgIpc) is 2.90. The Morgan fingerprint density at radius 2 is 2.24 bits per heavy atom. The van der Waals surface area contributed by atoms with Gasteiger partial charge in [-0.15, -0.1) is 0 Å². The second-order valence-corrected chi connectivity index (χ2v) is 5.35. The Labute approximate surface area is 127 Å². The zero-order valence-electron chi connectivity index (χ0n) is 11.7. The molecule has 2 amide bonds. The van der Waals surface area contributed by atoms with Crippen molar-refractivity contribution in [1.82, 2.24) is 10.2 Å². The molecule has 5 nitrogen and oxygen atoms in total. The first-order valence-corrected chi connectivity index (χ1v) is 7.09. The van der Waals surface area contributed by atoms with E-state index >= 15 is 0 Å². The molecule has 1 atom stereocenters. The number of anilines is 1. The molecular formula is C14H17ClFN3O2. The number of carbonyl (C=O) groups is 2. The third-order valence-electron chi connectivity index (χ3n) is 3.46. The highest BCUT2D eigenvalue weighted by molar-refractivity contribution is 6.30. The van der Waals surface area contributed by atoms with Crippen LogP contribution in [0, 0.1) is 5.82 Å². The summed E-state index contributed by atoms with van der Waals surface area (Å²) >= 11 is 5.77. The molecule has 1 fully saturated rings. The third kappa shape index (κ3) is 3.92. The second-order valence-electron chi connectivity index (χ2n) is 4.92. The van der Waals surface area contributed by atoms with Crippen LogP contribution >= 0.6 is 11.6 Å². The van der Waals surface area contributed by atoms with Crippen molar-refractivity contribution in [2.75, 3.05) is 25.5 Å². The van der Waals surface area contributed by atoms with Gasteiger partial charge in [-0.3, -0.25) is 14.5 Å². The van der Waals surface area contributed by atoms with Gasteiger partial charge in [-0.25, -0.2) is 4.39 Å². The van der Waals surface area contributed by atoms with Crippen molar-refractivity contribution in [3.63, 3.8) is 0 Å². The van der Waals surface area contributed by atoms with Crippen molar-refractivity contribution in [2.24, 2.45) is 0 Å². The molecule has 1 aliphatic rings. The number of carbonyl (C=O) groups excluding carboxylic acids is 2. The van der Waals surface area contributed by atoms with Crippen LogP contribution in [0.15, 0.2) is 18.2 Å². The molecule has 0 aromatic heterocycles. The van der Waals surface area contributed by atoms with Gasteiger partial charge in [0.2, 0.25) is 11.8 Å². The highest BCUT2D eigenvalue weighted by Crippen LogP contribution is 2.20. The molecule has 1 heterocycles. The number of likely N-dealkylation sites (tertiary alicyclic amines) is 1. The average molecular weight is 314 g/mol. The molecule has 0 saturated carbocycles. The molecule has 114 valence electrons. The minimum absolute atomic E-state index is 0.0446. The third-order valence-corrected chi connectivity index (χ3v) is 3.70. The number of halogens is 2. The van der Waals surface area contributed by atoms with E-state index in [-0.39, 0.29) is 30.1 Å². The standard InChI is InChI=1S/C14H17ClFN3O2/c1-17-14(21)12-3-2-6-19(12)8-13(20)18-11-7-9(15)4-5-10(11)16/h4-5,7,12H,2-3,6,8H2,1H3,(H,17,21)(H,18,20). The molecule has 1 aromatic rings. The fourth-order valence-electron chi connectivity index (χ4n) is 2.45. The largest absolute Gasteiger partial charge is 0.358 e. The van der Waals surface area contributed by atoms with Crippen LogP contribution in [0.2, 0.25) is 5.02 Å². The van der Waals surface area contributed by atoms with Crippen molar-refractivity contribution in [1.29, 1.82) is 0 Å². The van der Waals surface area contributed by atoms with Crippen molar-refractivity contribution < 1.29 is 14.0 Å². The highest BCUT2D eigenvalue weighted by atomic mass is 35.5. The van der Waals surface area contributed by atoms with E-state index in [0.717, 1.165) is 12.8 Å². The quantitative estimate of drug-likeness (QED) is 0.888. The van der Waals surface area contributed by atoms with Crippen LogP contribution in [-0.4, -0.2) is 42.9 Å². The molecule has 0 radical (unpaired) electrons. The fraction of sp³-hybridized carbons (Fsp3) is 0.429. The van der Waals surface area contributed by atoms with Gasteiger partial charge in [0.1, 0.15) is 5.82 Å². The topological polar surface area (TPSA) is 61.4 Å². The van der Waals surface area contributed by atoms with Gasteiger partial charge in [-0.05, 0) is 37.6 Å². The van der Waals surface area contributed by atoms with Crippen LogP contribution in [0.1, 0.15) is 12.8 Å². The van der Waals surface area contributed by atoms with Gasteiger partial charge < -0.3 is 10.6 Å². The summed E-state index contributed by atoms with van der Waals surface area (Å²) in [6.45, 7) is 0.716. The van der Waals surface area contributed by atoms with Gasteiger partial charge in [-0.2, -0.15) is 0 Å². The van der Waals surface area contributed by atoms with Gasteiger partial charge in [0.05, 0.1) is 18.3 Å². The molecule has 1 aliphatic heterocycles. The summed E-state index contributed by atoms with van der Waals surface area (Å²) in [5, 5.41) is 5.41. The lowest BCUT2D eigenvalue weighted by molar-refractivity contribution is -0.126. The zero-order valence-corrected chi connectivity index (χ0v) is 12.4. The maximum atomic E-state index is 13.6. The summed E-state index contributed by atoms with van der Waals surface area (Å²) in [6.07, 6.45) is 1.58. The number of hydrogen-bond donors (Lipinski definition) is 2. The molecule has 1 unspecified atom stereocenters. The summed E-state index contributed by atoms with van der Waals surface area (Å²) in [5.74, 6) is -1.02. The van der Waals surface area contributed by atoms with Crippen LogP contribution < -0.4 is 10.6 Å². The molecular weight excluding hydrogens is 297 g/mol. The van der Waals surface area contributed by atoms with E-state index in [1.807, 2.05) is 0 Å². The monoisotopic (exact) mass is 313 g/mol. The molecule has 2 rings (SSSR count). The van der Waals surface area contributed by atoms with Gasteiger partial charge >= 0.3 is 0 Å². The number of benzene rings is 1. The van der Waals surface area contributed by atoms with Crippen molar-refractivity contribution in [2.45, 2.75) is 18.9 Å². The Morgan fingerprint density at radius 3 is 2.95 bits per heavy atom. The molecule has 7 heteroatoms. The van der Waals surface area contributed by atoms with Crippen LogP contribution in [0.5, 0.6) is 0 Å². The fourth-order valence-corrected chi connectivity index (χ4v) is 2.62. The summed E-state index contributed by atoms with van der Waals surface area (Å²) in [7, 11) is 1.57. The molecule has 21 heavy (non-hydrogen) atoms. The Balaban J connectivity index is 1.98. The van der Waals surface area contributed by atoms with E-state index in [0.29, 0.717) is 11.6 Å². The second kappa shape index (κ2) is 6.87. The highest BCUT2D eigenvalue weighted by Gasteiger charge is 2.31. The van der Waals surface area contributed by atoms with Crippen LogP contribution in [0.4, 0.5) is 10.1 Å². The van der Waals surface area contributed by atoms with Gasteiger partial charge in [0.25, 0.3) is 0 Å². The van der Waals surface area contributed by atoms with E-state index in [9.17, 15) is 14.0 Å². The van der Waals surface area contributed by atoms with Crippen molar-refractivity contribution >= 4 is 29.1 Å². The molecule has 1 saturated heterocycles. The van der Waals surface area contributed by atoms with Crippen LogP contribution in [0.3, 0.4) is 0 Å². The first-order chi connectivity index (χ1) is 10.0. The maximum Gasteiger partial charge on any atom is 0.238 e. The SMILES string of the molecule is CNC(=O)C1CCCN1CC(=O)Nc1cc(Cl)ccc1F. The van der Waals surface area contributed by atoms with Gasteiger partial charge in [0.15, 0.2) is 0 Å². The summed E-state index contributed by atoms with van der Waals surface area (Å²) < 4.78 is 13.6. The zero-order chi connectivity index (χ0) is 15.4. The number of amides is 2. The van der Waals surface area contributed by atoms with E-state index in [4.69, 9.17) is 11.6 Å². The number of nitrogens with one attached hydrogen (secondary N) is 2. The lowest BCUT2D eigenvalue weighted by atomic mass is 10.2. The first kappa shape index (κ1) is 15.7. The lowest BCUT2D eigenvalue weighted by Crippen LogP contribution is -2.45. The van der Waals surface area contributed by atoms with Crippen molar-refractivity contribution in [3.8, 4) is 0 Å². The van der Waals surface area contributed by atoms with Crippen LogP contribution in [0.25, 0.3) is 0 Å². The smallest absolute Gasteiger partial charge is 0.238 e. The minimum atomic E-state index is -0.544. The molecule has 2 N–H and O–H groups in total. The summed E-state index contributed by atoms with van der Waals surface area (Å²) in [5.41, 5.74) is 0.0446. The van der Waals surface area contributed by atoms with Gasteiger partial charge in [-0.1, -0.05) is 11.6 Å². The molecule has 0 spiro atoms. The van der Waals surface area contributed by atoms with Crippen LogP contribution in [-0.2, 0) is 9.59 Å².